The molecule has 0 radical (unpaired) electrons. The molecule has 0 bridgehead atoms. The molecule has 0 aliphatic carbocycles. The number of amides is 1. The number of aromatic nitrogens is 4. The van der Waals surface area contributed by atoms with Crippen LogP contribution in [0.15, 0.2) is 53.0 Å². The summed E-state index contributed by atoms with van der Waals surface area (Å²) >= 11 is 3.38. The first-order chi connectivity index (χ1) is 12.9. The molecule has 3 rings (SSSR count). The lowest BCUT2D eigenvalue weighted by molar-refractivity contribution is -0.384. The van der Waals surface area contributed by atoms with Crippen molar-refractivity contribution in [1.82, 2.24) is 25.1 Å². The van der Waals surface area contributed by atoms with Gasteiger partial charge in [-0.1, -0.05) is 28.1 Å². The number of nitrogens with zero attached hydrogens (tertiary/aromatic N) is 6. The van der Waals surface area contributed by atoms with Gasteiger partial charge in [-0.05, 0) is 40.3 Å². The fourth-order valence-corrected chi connectivity index (χ4v) is 2.93. The predicted octanol–water partition coefficient (Wildman–Crippen LogP) is 2.90. The Morgan fingerprint density at radius 3 is 2.59 bits per heavy atom. The van der Waals surface area contributed by atoms with Gasteiger partial charge >= 0.3 is 0 Å². The number of hydrogen-bond donors (Lipinski definition) is 0. The van der Waals surface area contributed by atoms with Gasteiger partial charge in [0.2, 0.25) is 5.91 Å². The summed E-state index contributed by atoms with van der Waals surface area (Å²) in [4.78, 5) is 24.2. The number of non-ortho nitro benzene ring substituents is 1. The molecule has 3 aromatic rings. The molecule has 0 aliphatic rings. The van der Waals surface area contributed by atoms with Crippen LogP contribution in [0.3, 0.4) is 0 Å². The zero-order valence-electron chi connectivity index (χ0n) is 14.5. The normalized spacial score (nSPS) is 11.8. The Balaban J connectivity index is 2.15. The fourth-order valence-electron chi connectivity index (χ4n) is 2.67. The van der Waals surface area contributed by atoms with E-state index in [1.165, 1.54) is 28.6 Å². The number of benzene rings is 2. The molecule has 1 heterocycles. The van der Waals surface area contributed by atoms with E-state index in [9.17, 15) is 14.9 Å². The molecule has 0 aliphatic heterocycles. The summed E-state index contributed by atoms with van der Waals surface area (Å²) in [6, 6.07) is 12.7. The molecule has 27 heavy (non-hydrogen) atoms. The van der Waals surface area contributed by atoms with Crippen LogP contribution in [0.1, 0.15) is 24.4 Å². The van der Waals surface area contributed by atoms with Crippen molar-refractivity contribution in [2.45, 2.75) is 13.0 Å². The number of carbonyl (C=O) groups is 1. The highest BCUT2D eigenvalue weighted by Gasteiger charge is 2.29. The molecule has 0 N–H and O–H groups in total. The third kappa shape index (κ3) is 3.85. The van der Waals surface area contributed by atoms with Crippen molar-refractivity contribution in [3.8, 4) is 5.69 Å². The maximum Gasteiger partial charge on any atom is 0.269 e. The SMILES string of the molecule is CC(=O)N(C)[C@H](c1cccc([N+](=O)[O-])c1)c1nnnn1-c1ccc(Br)cc1. The van der Waals surface area contributed by atoms with Crippen molar-refractivity contribution in [2.75, 3.05) is 7.05 Å². The number of hydrogen-bond acceptors (Lipinski definition) is 6. The van der Waals surface area contributed by atoms with Crippen LogP contribution in [0.4, 0.5) is 5.69 Å². The van der Waals surface area contributed by atoms with Crippen molar-refractivity contribution in [3.05, 3.63) is 74.5 Å². The van der Waals surface area contributed by atoms with Crippen molar-refractivity contribution in [3.63, 3.8) is 0 Å². The number of rotatable bonds is 5. The minimum absolute atomic E-state index is 0.0721. The average molecular weight is 431 g/mol. The Kier molecular flexibility index (Phi) is 5.26. The summed E-state index contributed by atoms with van der Waals surface area (Å²) in [5, 5.41) is 23.0. The summed E-state index contributed by atoms with van der Waals surface area (Å²) in [6.45, 7) is 1.41. The van der Waals surface area contributed by atoms with Crippen LogP contribution in [0.2, 0.25) is 0 Å². The molecular formula is C17H15BrN6O3. The summed E-state index contributed by atoms with van der Waals surface area (Å²) in [7, 11) is 1.60. The molecule has 1 amide bonds. The summed E-state index contributed by atoms with van der Waals surface area (Å²) < 4.78 is 2.41. The lowest BCUT2D eigenvalue weighted by Gasteiger charge is -2.26. The number of halogens is 1. The van der Waals surface area contributed by atoms with Crippen molar-refractivity contribution in [2.24, 2.45) is 0 Å². The van der Waals surface area contributed by atoms with Gasteiger partial charge in [-0.3, -0.25) is 14.9 Å². The van der Waals surface area contributed by atoms with E-state index < -0.39 is 11.0 Å². The van der Waals surface area contributed by atoms with Gasteiger partial charge in [0, 0.05) is 30.6 Å². The van der Waals surface area contributed by atoms with Crippen molar-refractivity contribution < 1.29 is 9.72 Å². The first kappa shape index (κ1) is 18.6. The van der Waals surface area contributed by atoms with E-state index in [1.54, 1.807) is 19.2 Å². The van der Waals surface area contributed by atoms with Crippen LogP contribution in [0, 0.1) is 10.1 Å². The van der Waals surface area contributed by atoms with Gasteiger partial charge in [-0.15, -0.1) is 5.10 Å². The minimum atomic E-state index is -0.693. The van der Waals surface area contributed by atoms with E-state index in [-0.39, 0.29) is 11.6 Å². The molecule has 0 saturated carbocycles. The molecule has 2 aromatic carbocycles. The van der Waals surface area contributed by atoms with Crippen molar-refractivity contribution in [1.29, 1.82) is 0 Å². The maximum absolute atomic E-state index is 12.1. The lowest BCUT2D eigenvalue weighted by atomic mass is 10.0. The second kappa shape index (κ2) is 7.62. The van der Waals surface area contributed by atoms with E-state index in [4.69, 9.17) is 0 Å². The van der Waals surface area contributed by atoms with E-state index in [1.807, 2.05) is 24.3 Å². The Bertz CT molecular complexity index is 988. The Morgan fingerprint density at radius 2 is 1.96 bits per heavy atom. The Hall–Kier alpha value is -3.14. The summed E-state index contributed by atoms with van der Waals surface area (Å²) in [5.41, 5.74) is 1.16. The monoisotopic (exact) mass is 430 g/mol. The number of carbonyl (C=O) groups excluding carboxylic acids is 1. The number of nitro benzene ring substituents is 1. The average Bonchev–Trinajstić information content (AvgIpc) is 3.12. The first-order valence-electron chi connectivity index (χ1n) is 7.90. The summed E-state index contributed by atoms with van der Waals surface area (Å²) in [6.07, 6.45) is 0. The first-order valence-corrected chi connectivity index (χ1v) is 8.69. The van der Waals surface area contributed by atoms with E-state index in [2.05, 4.69) is 31.5 Å². The molecule has 0 fully saturated rings. The van der Waals surface area contributed by atoms with Gasteiger partial charge in [0.15, 0.2) is 5.82 Å². The molecule has 0 saturated heterocycles. The molecule has 1 atom stereocenters. The quantitative estimate of drug-likeness (QED) is 0.454. The van der Waals surface area contributed by atoms with Crippen LogP contribution in [-0.2, 0) is 4.79 Å². The highest BCUT2D eigenvalue weighted by Crippen LogP contribution is 2.29. The van der Waals surface area contributed by atoms with Gasteiger partial charge < -0.3 is 4.90 Å². The second-order valence-electron chi connectivity index (χ2n) is 5.81. The molecule has 9 nitrogen and oxygen atoms in total. The lowest BCUT2D eigenvalue weighted by Crippen LogP contribution is -2.32. The number of tetrazole rings is 1. The minimum Gasteiger partial charge on any atom is -0.332 e. The largest absolute Gasteiger partial charge is 0.332 e. The Labute approximate surface area is 162 Å². The molecule has 1 aromatic heterocycles. The van der Waals surface area contributed by atoms with Crippen LogP contribution >= 0.6 is 15.9 Å². The Morgan fingerprint density at radius 1 is 1.26 bits per heavy atom. The van der Waals surface area contributed by atoms with Gasteiger partial charge in [-0.25, -0.2) is 0 Å². The molecular weight excluding hydrogens is 416 g/mol. The highest BCUT2D eigenvalue weighted by atomic mass is 79.9. The predicted molar refractivity (Wildman–Crippen MR) is 100 cm³/mol. The van der Waals surface area contributed by atoms with Crippen LogP contribution < -0.4 is 0 Å². The third-order valence-corrected chi connectivity index (χ3v) is 4.62. The van der Waals surface area contributed by atoms with Gasteiger partial charge in [0.1, 0.15) is 6.04 Å². The fraction of sp³-hybridized carbons (Fsp3) is 0.176. The van der Waals surface area contributed by atoms with E-state index >= 15 is 0 Å². The topological polar surface area (TPSA) is 107 Å². The van der Waals surface area contributed by atoms with Crippen molar-refractivity contribution >= 4 is 27.5 Å². The maximum atomic E-state index is 12.1. The molecule has 138 valence electrons. The molecule has 10 heteroatoms. The molecule has 0 spiro atoms. The second-order valence-corrected chi connectivity index (χ2v) is 6.73. The smallest absolute Gasteiger partial charge is 0.269 e. The van der Waals surface area contributed by atoms with E-state index in [0.717, 1.165) is 4.47 Å². The van der Waals surface area contributed by atoms with Crippen LogP contribution in [0.25, 0.3) is 5.69 Å². The molecule has 0 unspecified atom stereocenters. The van der Waals surface area contributed by atoms with E-state index in [0.29, 0.717) is 17.1 Å². The third-order valence-electron chi connectivity index (χ3n) is 4.09. The van der Waals surface area contributed by atoms with Crippen LogP contribution in [0.5, 0.6) is 0 Å². The van der Waals surface area contributed by atoms with Gasteiger partial charge in [-0.2, -0.15) is 4.68 Å². The zero-order valence-corrected chi connectivity index (χ0v) is 16.1. The van der Waals surface area contributed by atoms with Gasteiger partial charge in [0.25, 0.3) is 5.69 Å². The highest BCUT2D eigenvalue weighted by molar-refractivity contribution is 9.10. The standard InChI is InChI=1S/C17H15BrN6O3/c1-11(25)22(2)16(12-4-3-5-15(10-12)24(26)27)17-19-20-21-23(17)14-8-6-13(18)7-9-14/h3-10,16H,1-2H3/t16-/m1/s1. The number of nitro groups is 1. The van der Waals surface area contributed by atoms with Gasteiger partial charge in [0.05, 0.1) is 10.6 Å². The summed E-state index contributed by atoms with van der Waals surface area (Å²) in [5.74, 6) is 0.146. The zero-order chi connectivity index (χ0) is 19.6. The van der Waals surface area contributed by atoms with Crippen LogP contribution in [-0.4, -0.2) is 43.0 Å².